The van der Waals surface area contributed by atoms with E-state index in [-0.39, 0.29) is 18.1 Å². The highest BCUT2D eigenvalue weighted by Crippen LogP contribution is 2.20. The number of amides is 1. The molecule has 128 valence electrons. The second-order valence-corrected chi connectivity index (χ2v) is 5.83. The van der Waals surface area contributed by atoms with Gasteiger partial charge in [-0.1, -0.05) is 24.3 Å². The summed E-state index contributed by atoms with van der Waals surface area (Å²) < 4.78 is 18.2. The molecule has 2 rings (SSSR count). The molecule has 0 heterocycles. The van der Waals surface area contributed by atoms with Crippen molar-refractivity contribution in [2.75, 3.05) is 7.11 Å². The zero-order chi connectivity index (χ0) is 17.7. The number of nitrogens with one attached hydrogen (secondary N) is 1. The third-order valence-electron chi connectivity index (χ3n) is 3.91. The van der Waals surface area contributed by atoms with Gasteiger partial charge >= 0.3 is 0 Å². The van der Waals surface area contributed by atoms with Crippen LogP contribution in [0.25, 0.3) is 0 Å². The molecule has 5 heteroatoms. The first kappa shape index (κ1) is 17.9. The largest absolute Gasteiger partial charge is 0.496 e. The summed E-state index contributed by atoms with van der Waals surface area (Å²) in [5.74, 6) is 0.172. The molecule has 0 fully saturated rings. The van der Waals surface area contributed by atoms with Crippen LogP contribution in [0.3, 0.4) is 0 Å². The highest BCUT2D eigenvalue weighted by Gasteiger charge is 2.18. The number of hydrogen-bond acceptors (Lipinski definition) is 3. The van der Waals surface area contributed by atoms with E-state index in [1.54, 1.807) is 14.0 Å². The fourth-order valence-corrected chi connectivity index (χ4v) is 2.49. The Bertz CT molecular complexity index is 700. The average Bonchev–Trinajstić information content (AvgIpc) is 2.56. The van der Waals surface area contributed by atoms with Crippen LogP contribution < -0.4 is 10.1 Å². The van der Waals surface area contributed by atoms with E-state index in [1.807, 2.05) is 25.1 Å². The molecule has 0 saturated carbocycles. The van der Waals surface area contributed by atoms with Crippen LogP contribution >= 0.6 is 0 Å². The van der Waals surface area contributed by atoms with E-state index >= 15 is 0 Å². The third-order valence-corrected chi connectivity index (χ3v) is 3.91. The number of carbonyl (C=O) groups is 1. The van der Waals surface area contributed by atoms with Crippen molar-refractivity contribution in [2.45, 2.75) is 32.4 Å². The molecule has 0 unspecified atom stereocenters. The van der Waals surface area contributed by atoms with E-state index in [0.717, 1.165) is 16.9 Å². The molecule has 0 spiro atoms. The molecule has 0 bridgehead atoms. The van der Waals surface area contributed by atoms with Crippen LogP contribution in [0.4, 0.5) is 4.39 Å². The number of aliphatic hydroxyl groups is 1. The van der Waals surface area contributed by atoms with E-state index in [4.69, 9.17) is 4.74 Å². The van der Waals surface area contributed by atoms with Crippen molar-refractivity contribution in [3.05, 3.63) is 65.0 Å². The highest BCUT2D eigenvalue weighted by atomic mass is 19.1. The van der Waals surface area contributed by atoms with Crippen LogP contribution in [-0.2, 0) is 11.2 Å². The predicted molar refractivity (Wildman–Crippen MR) is 90.4 cm³/mol. The highest BCUT2D eigenvalue weighted by molar-refractivity contribution is 5.79. The Morgan fingerprint density at radius 1 is 1.25 bits per heavy atom. The molecule has 0 aromatic heterocycles. The second-order valence-electron chi connectivity index (χ2n) is 5.83. The minimum atomic E-state index is -0.901. The molecular formula is C19H22FNO3. The summed E-state index contributed by atoms with van der Waals surface area (Å²) in [5, 5.41) is 13.0. The zero-order valence-electron chi connectivity index (χ0n) is 14.0. The van der Waals surface area contributed by atoms with Gasteiger partial charge in [-0.15, -0.1) is 0 Å². The van der Waals surface area contributed by atoms with Gasteiger partial charge in [0, 0.05) is 0 Å². The molecule has 2 atom stereocenters. The maximum absolute atomic E-state index is 12.9. The number of hydrogen-bond donors (Lipinski definition) is 2. The van der Waals surface area contributed by atoms with Gasteiger partial charge in [0.25, 0.3) is 0 Å². The fraction of sp³-hybridized carbons (Fsp3) is 0.316. The lowest BCUT2D eigenvalue weighted by Crippen LogP contribution is -2.37. The fourth-order valence-electron chi connectivity index (χ4n) is 2.49. The normalized spacial score (nSPS) is 13.2. The zero-order valence-corrected chi connectivity index (χ0v) is 14.0. The van der Waals surface area contributed by atoms with Crippen LogP contribution in [0.5, 0.6) is 5.75 Å². The predicted octanol–water partition coefficient (Wildman–Crippen LogP) is 2.92. The number of ether oxygens (including phenoxy) is 1. The van der Waals surface area contributed by atoms with Gasteiger partial charge in [0.05, 0.1) is 25.7 Å². The summed E-state index contributed by atoms with van der Waals surface area (Å²) in [6.45, 7) is 3.64. The number of methoxy groups -OCH3 is 1. The van der Waals surface area contributed by atoms with E-state index in [9.17, 15) is 14.3 Å². The topological polar surface area (TPSA) is 58.6 Å². The molecular weight excluding hydrogens is 309 g/mol. The Balaban J connectivity index is 1.97. The molecule has 0 aliphatic carbocycles. The molecule has 2 N–H and O–H groups in total. The molecule has 1 amide bonds. The van der Waals surface area contributed by atoms with Gasteiger partial charge in [-0.3, -0.25) is 4.79 Å². The lowest BCUT2D eigenvalue weighted by molar-refractivity contribution is -0.121. The van der Waals surface area contributed by atoms with Crippen molar-refractivity contribution >= 4 is 5.91 Å². The van der Waals surface area contributed by atoms with E-state index in [2.05, 4.69) is 5.32 Å². The second kappa shape index (κ2) is 7.93. The van der Waals surface area contributed by atoms with Gasteiger partial charge in [0.15, 0.2) is 0 Å². The summed E-state index contributed by atoms with van der Waals surface area (Å²) in [5.41, 5.74) is 2.39. The summed E-state index contributed by atoms with van der Waals surface area (Å²) in [7, 11) is 1.59. The monoisotopic (exact) mass is 331 g/mol. The Kier molecular flexibility index (Phi) is 5.93. The lowest BCUT2D eigenvalue weighted by Gasteiger charge is -2.21. The van der Waals surface area contributed by atoms with E-state index in [0.29, 0.717) is 5.56 Å². The van der Waals surface area contributed by atoms with Crippen molar-refractivity contribution in [1.29, 1.82) is 0 Å². The van der Waals surface area contributed by atoms with Gasteiger partial charge in [0.1, 0.15) is 11.6 Å². The summed E-state index contributed by atoms with van der Waals surface area (Å²) >= 11 is 0. The van der Waals surface area contributed by atoms with E-state index in [1.165, 1.54) is 24.3 Å². The van der Waals surface area contributed by atoms with Gasteiger partial charge in [-0.2, -0.15) is 0 Å². The Hall–Kier alpha value is -2.40. The minimum absolute atomic E-state index is 0.192. The van der Waals surface area contributed by atoms with Crippen LogP contribution in [0.2, 0.25) is 0 Å². The van der Waals surface area contributed by atoms with Crippen molar-refractivity contribution in [1.82, 2.24) is 5.32 Å². The molecule has 2 aromatic rings. The maximum atomic E-state index is 12.9. The number of aliphatic hydroxyl groups excluding tert-OH is 1. The number of halogens is 1. The number of rotatable bonds is 6. The molecule has 24 heavy (non-hydrogen) atoms. The third kappa shape index (κ3) is 4.55. The quantitative estimate of drug-likeness (QED) is 0.856. The number of carbonyl (C=O) groups excluding carboxylic acids is 1. The lowest BCUT2D eigenvalue weighted by atomic mass is 10.0. The molecule has 0 saturated heterocycles. The molecule has 2 aromatic carbocycles. The van der Waals surface area contributed by atoms with Crippen LogP contribution in [0, 0.1) is 12.7 Å². The minimum Gasteiger partial charge on any atom is -0.496 e. The van der Waals surface area contributed by atoms with Gasteiger partial charge in [0.2, 0.25) is 5.91 Å². The van der Waals surface area contributed by atoms with Gasteiger partial charge < -0.3 is 15.2 Å². The Morgan fingerprint density at radius 3 is 2.54 bits per heavy atom. The van der Waals surface area contributed by atoms with Crippen LogP contribution in [0.15, 0.2) is 42.5 Å². The van der Waals surface area contributed by atoms with Crippen molar-refractivity contribution < 1.29 is 19.0 Å². The Labute approximate surface area is 141 Å². The van der Waals surface area contributed by atoms with Crippen LogP contribution in [0.1, 0.15) is 29.7 Å². The van der Waals surface area contributed by atoms with Gasteiger partial charge in [-0.25, -0.2) is 4.39 Å². The first-order chi connectivity index (χ1) is 11.4. The summed E-state index contributed by atoms with van der Waals surface area (Å²) in [6, 6.07) is 10.7. The maximum Gasteiger partial charge on any atom is 0.224 e. The van der Waals surface area contributed by atoms with Gasteiger partial charge in [-0.05, 0) is 48.7 Å². The molecule has 0 aliphatic rings. The van der Waals surface area contributed by atoms with Crippen molar-refractivity contribution in [2.24, 2.45) is 0 Å². The Morgan fingerprint density at radius 2 is 1.92 bits per heavy atom. The van der Waals surface area contributed by atoms with Crippen molar-refractivity contribution in [3.63, 3.8) is 0 Å². The summed E-state index contributed by atoms with van der Waals surface area (Å²) in [4.78, 5) is 12.2. The standard InChI is InChI=1S/C19H22FNO3/c1-12-4-5-14(10-17(12)24-3)11-18(22)21-13(2)19(23)15-6-8-16(20)9-7-15/h4-10,13,19,23H,11H2,1-3H3,(H,21,22)/t13-,19+/m1/s1. The first-order valence-corrected chi connectivity index (χ1v) is 7.77. The first-order valence-electron chi connectivity index (χ1n) is 7.77. The SMILES string of the molecule is COc1cc(CC(=O)N[C@H](C)[C@H](O)c2ccc(F)cc2)ccc1C. The smallest absolute Gasteiger partial charge is 0.224 e. The van der Waals surface area contributed by atoms with E-state index < -0.39 is 12.1 Å². The number of aryl methyl sites for hydroxylation is 1. The molecule has 0 radical (unpaired) electrons. The average molecular weight is 331 g/mol. The molecule has 0 aliphatic heterocycles. The summed E-state index contributed by atoms with van der Waals surface area (Å²) in [6.07, 6.45) is -0.709. The van der Waals surface area contributed by atoms with Crippen molar-refractivity contribution in [3.8, 4) is 5.75 Å². The van der Waals surface area contributed by atoms with Crippen LogP contribution in [-0.4, -0.2) is 24.2 Å². The number of benzene rings is 2. The molecule has 4 nitrogen and oxygen atoms in total.